The fourth-order valence-electron chi connectivity index (χ4n) is 2.38. The van der Waals surface area contributed by atoms with Gasteiger partial charge in [0.1, 0.15) is 11.9 Å². The van der Waals surface area contributed by atoms with Crippen LogP contribution in [0.2, 0.25) is 0 Å². The van der Waals surface area contributed by atoms with E-state index in [1.165, 1.54) is 5.56 Å². The Balaban J connectivity index is 1.80. The zero-order valence-electron chi connectivity index (χ0n) is 10.3. The van der Waals surface area contributed by atoms with Crippen molar-refractivity contribution in [3.63, 3.8) is 0 Å². The maximum atomic E-state index is 11.9. The molecule has 1 aromatic heterocycles. The molecule has 1 atom stereocenters. The van der Waals surface area contributed by atoms with Crippen LogP contribution < -0.4 is 10.3 Å². The number of aryl methyl sites for hydroxylation is 1. The van der Waals surface area contributed by atoms with Crippen LogP contribution in [0.3, 0.4) is 0 Å². The molecular weight excluding hydrogens is 226 g/mol. The third-order valence-electron chi connectivity index (χ3n) is 3.32. The molecule has 92 valence electrons. The molecule has 3 heteroatoms. The lowest BCUT2D eigenvalue weighted by Crippen LogP contribution is -2.29. The molecule has 0 fully saturated rings. The number of aromatic nitrogens is 1. The molecular formula is C15H15NO2. The monoisotopic (exact) mass is 241 g/mol. The lowest BCUT2D eigenvalue weighted by atomic mass is 10.1. The lowest BCUT2D eigenvalue weighted by Gasteiger charge is -2.13. The Kier molecular flexibility index (Phi) is 2.67. The molecule has 0 N–H and O–H groups in total. The van der Waals surface area contributed by atoms with E-state index in [0.29, 0.717) is 6.54 Å². The van der Waals surface area contributed by atoms with Gasteiger partial charge >= 0.3 is 0 Å². The standard InChI is InChI=1S/C15H15NO2/c1-11-5-4-8-16(15(11)17)10-13-9-12-6-2-3-7-14(12)18-13/h2-8,13H,9-10H2,1H3. The largest absolute Gasteiger partial charge is 0.488 e. The van der Waals surface area contributed by atoms with Gasteiger partial charge in [-0.05, 0) is 24.6 Å². The minimum absolute atomic E-state index is 0.0573. The molecule has 0 amide bonds. The van der Waals surface area contributed by atoms with E-state index in [2.05, 4.69) is 6.07 Å². The van der Waals surface area contributed by atoms with E-state index in [-0.39, 0.29) is 11.7 Å². The molecule has 3 rings (SSSR count). The van der Waals surface area contributed by atoms with Gasteiger partial charge in [-0.15, -0.1) is 0 Å². The summed E-state index contributed by atoms with van der Waals surface area (Å²) in [6.07, 6.45) is 2.75. The second-order valence-electron chi connectivity index (χ2n) is 4.70. The molecule has 1 aromatic carbocycles. The lowest BCUT2D eigenvalue weighted by molar-refractivity contribution is 0.207. The Morgan fingerprint density at radius 3 is 2.94 bits per heavy atom. The number of hydrogen-bond donors (Lipinski definition) is 0. The van der Waals surface area contributed by atoms with E-state index in [0.717, 1.165) is 17.7 Å². The van der Waals surface area contributed by atoms with Crippen LogP contribution in [0.1, 0.15) is 11.1 Å². The molecule has 2 aromatic rings. The van der Waals surface area contributed by atoms with Crippen LogP contribution in [0.15, 0.2) is 47.4 Å². The second-order valence-corrected chi connectivity index (χ2v) is 4.70. The Morgan fingerprint density at radius 1 is 1.28 bits per heavy atom. The first kappa shape index (κ1) is 11.1. The third-order valence-corrected chi connectivity index (χ3v) is 3.32. The SMILES string of the molecule is Cc1cccn(CC2Cc3ccccc3O2)c1=O. The highest BCUT2D eigenvalue weighted by Gasteiger charge is 2.22. The van der Waals surface area contributed by atoms with E-state index >= 15 is 0 Å². The van der Waals surface area contributed by atoms with Crippen LogP contribution in [0, 0.1) is 6.92 Å². The van der Waals surface area contributed by atoms with Crippen molar-refractivity contribution in [2.45, 2.75) is 26.0 Å². The highest BCUT2D eigenvalue weighted by Crippen LogP contribution is 2.28. The maximum Gasteiger partial charge on any atom is 0.253 e. The number of ether oxygens (including phenoxy) is 1. The van der Waals surface area contributed by atoms with Gasteiger partial charge in [-0.1, -0.05) is 24.3 Å². The van der Waals surface area contributed by atoms with E-state index in [9.17, 15) is 4.79 Å². The van der Waals surface area contributed by atoms with Crippen molar-refractivity contribution < 1.29 is 4.74 Å². The van der Waals surface area contributed by atoms with Crippen molar-refractivity contribution in [3.8, 4) is 5.75 Å². The van der Waals surface area contributed by atoms with Gasteiger partial charge < -0.3 is 9.30 Å². The van der Waals surface area contributed by atoms with Gasteiger partial charge in [0.25, 0.3) is 5.56 Å². The molecule has 0 saturated carbocycles. The third kappa shape index (κ3) is 1.92. The summed E-state index contributed by atoms with van der Waals surface area (Å²) < 4.78 is 7.57. The summed E-state index contributed by atoms with van der Waals surface area (Å²) in [6.45, 7) is 2.44. The molecule has 0 spiro atoms. The van der Waals surface area contributed by atoms with E-state index in [1.807, 2.05) is 43.5 Å². The van der Waals surface area contributed by atoms with Crippen LogP contribution in [0.5, 0.6) is 5.75 Å². The highest BCUT2D eigenvalue weighted by atomic mass is 16.5. The number of para-hydroxylation sites is 1. The average molecular weight is 241 g/mol. The fourth-order valence-corrected chi connectivity index (χ4v) is 2.38. The van der Waals surface area contributed by atoms with Gasteiger partial charge in [-0.25, -0.2) is 0 Å². The van der Waals surface area contributed by atoms with Gasteiger partial charge in [0.05, 0.1) is 6.54 Å². The van der Waals surface area contributed by atoms with Crippen molar-refractivity contribution in [1.82, 2.24) is 4.57 Å². The minimum Gasteiger partial charge on any atom is -0.488 e. The van der Waals surface area contributed by atoms with Gasteiger partial charge in [0.2, 0.25) is 0 Å². The van der Waals surface area contributed by atoms with Crippen molar-refractivity contribution >= 4 is 0 Å². The maximum absolute atomic E-state index is 11.9. The predicted octanol–water partition coefficient (Wildman–Crippen LogP) is 2.16. The van der Waals surface area contributed by atoms with Crippen molar-refractivity contribution in [1.29, 1.82) is 0 Å². The number of pyridine rings is 1. The zero-order chi connectivity index (χ0) is 12.5. The summed E-state index contributed by atoms with van der Waals surface area (Å²) in [5.74, 6) is 0.947. The summed E-state index contributed by atoms with van der Waals surface area (Å²) in [5.41, 5.74) is 2.06. The molecule has 2 heterocycles. The Morgan fingerprint density at radius 2 is 2.11 bits per heavy atom. The van der Waals surface area contributed by atoms with Crippen molar-refractivity contribution in [2.24, 2.45) is 0 Å². The van der Waals surface area contributed by atoms with Crippen LogP contribution in [0.4, 0.5) is 0 Å². The first-order valence-electron chi connectivity index (χ1n) is 6.14. The highest BCUT2D eigenvalue weighted by molar-refractivity contribution is 5.37. The molecule has 1 aliphatic heterocycles. The Labute approximate surface area is 106 Å². The van der Waals surface area contributed by atoms with Gasteiger partial charge in [-0.3, -0.25) is 4.79 Å². The Hall–Kier alpha value is -2.03. The molecule has 0 aliphatic carbocycles. The molecule has 18 heavy (non-hydrogen) atoms. The summed E-state index contributed by atoms with van der Waals surface area (Å²) in [5, 5.41) is 0. The first-order valence-corrected chi connectivity index (χ1v) is 6.14. The normalized spacial score (nSPS) is 17.3. The number of rotatable bonds is 2. The quantitative estimate of drug-likeness (QED) is 0.806. The molecule has 1 unspecified atom stereocenters. The molecule has 0 radical (unpaired) electrons. The smallest absolute Gasteiger partial charge is 0.253 e. The number of fused-ring (bicyclic) bond motifs is 1. The fraction of sp³-hybridized carbons (Fsp3) is 0.267. The summed E-state index contributed by atoms with van der Waals surface area (Å²) in [6, 6.07) is 11.8. The van der Waals surface area contributed by atoms with Crippen molar-refractivity contribution in [2.75, 3.05) is 0 Å². The van der Waals surface area contributed by atoms with Crippen LogP contribution >= 0.6 is 0 Å². The van der Waals surface area contributed by atoms with Gasteiger partial charge in [0, 0.05) is 18.2 Å². The van der Waals surface area contributed by atoms with Crippen LogP contribution in [-0.4, -0.2) is 10.7 Å². The van der Waals surface area contributed by atoms with Crippen LogP contribution in [0.25, 0.3) is 0 Å². The summed E-state index contributed by atoms with van der Waals surface area (Å²) in [7, 11) is 0. The average Bonchev–Trinajstić information content (AvgIpc) is 2.77. The molecule has 0 bridgehead atoms. The number of hydrogen-bond acceptors (Lipinski definition) is 2. The minimum atomic E-state index is 0.0573. The van der Waals surface area contributed by atoms with E-state index in [4.69, 9.17) is 4.74 Å². The van der Waals surface area contributed by atoms with Gasteiger partial charge in [-0.2, -0.15) is 0 Å². The molecule has 3 nitrogen and oxygen atoms in total. The van der Waals surface area contributed by atoms with Gasteiger partial charge in [0.15, 0.2) is 0 Å². The summed E-state index contributed by atoms with van der Waals surface area (Å²) >= 11 is 0. The van der Waals surface area contributed by atoms with Crippen molar-refractivity contribution in [3.05, 3.63) is 64.1 Å². The van der Waals surface area contributed by atoms with Crippen LogP contribution in [-0.2, 0) is 13.0 Å². The molecule has 0 saturated heterocycles. The number of nitrogens with zero attached hydrogens (tertiary/aromatic N) is 1. The summed E-state index contributed by atoms with van der Waals surface area (Å²) in [4.78, 5) is 11.9. The predicted molar refractivity (Wildman–Crippen MR) is 70.0 cm³/mol. The van der Waals surface area contributed by atoms with E-state index in [1.54, 1.807) is 4.57 Å². The number of benzene rings is 1. The van der Waals surface area contributed by atoms with E-state index < -0.39 is 0 Å². The Bertz CT molecular complexity index is 605. The second kappa shape index (κ2) is 4.33. The topological polar surface area (TPSA) is 31.2 Å². The first-order chi connectivity index (χ1) is 8.74. The molecule has 1 aliphatic rings. The zero-order valence-corrected chi connectivity index (χ0v) is 10.3.